The second-order valence-electron chi connectivity index (χ2n) is 6.07. The van der Waals surface area contributed by atoms with Gasteiger partial charge in [-0.25, -0.2) is 14.2 Å². The van der Waals surface area contributed by atoms with Crippen LogP contribution >= 0.6 is 11.3 Å². The minimum absolute atomic E-state index is 0.353. The lowest BCUT2D eigenvalue weighted by Crippen LogP contribution is -2.19. The lowest BCUT2D eigenvalue weighted by molar-refractivity contribution is 0.262. The summed E-state index contributed by atoms with van der Waals surface area (Å²) in [6, 6.07) is 23.4. The summed E-state index contributed by atoms with van der Waals surface area (Å²) in [4.78, 5) is 16.5. The van der Waals surface area contributed by atoms with Crippen LogP contribution < -0.4 is 10.6 Å². The zero-order valence-electron chi connectivity index (χ0n) is 14.7. The smallest absolute Gasteiger partial charge is 0.308 e. The van der Waals surface area contributed by atoms with Crippen LogP contribution in [0.2, 0.25) is 0 Å². The molecule has 4 nitrogen and oxygen atoms in total. The van der Waals surface area contributed by atoms with Gasteiger partial charge >= 0.3 is 6.03 Å². The summed E-state index contributed by atoms with van der Waals surface area (Å²) in [7, 11) is 0. The van der Waals surface area contributed by atoms with E-state index in [0.717, 1.165) is 22.4 Å². The summed E-state index contributed by atoms with van der Waals surface area (Å²) in [6.45, 7) is 0. The second-order valence-corrected chi connectivity index (χ2v) is 6.93. The van der Waals surface area contributed by atoms with Gasteiger partial charge in [-0.3, -0.25) is 5.32 Å². The van der Waals surface area contributed by atoms with Gasteiger partial charge < -0.3 is 5.32 Å². The standard InChI is InChI=1S/C22H16FN3OS/c23-18-10-12-19(13-11-18)24-21(27)26-22-25-20(14-28-22)17-8-6-16(7-9-17)15-4-2-1-3-5-15/h1-14H,(H2,24,25,26,27). The summed E-state index contributed by atoms with van der Waals surface area (Å²) in [5, 5.41) is 7.72. The van der Waals surface area contributed by atoms with Gasteiger partial charge in [-0.15, -0.1) is 11.3 Å². The number of benzene rings is 3. The predicted octanol–water partition coefficient (Wildman–Crippen LogP) is 6.26. The van der Waals surface area contributed by atoms with Crippen LogP contribution in [-0.4, -0.2) is 11.0 Å². The molecule has 0 bridgehead atoms. The van der Waals surface area contributed by atoms with Gasteiger partial charge in [0.05, 0.1) is 5.69 Å². The highest BCUT2D eigenvalue weighted by molar-refractivity contribution is 7.14. The highest BCUT2D eigenvalue weighted by Crippen LogP contribution is 2.27. The van der Waals surface area contributed by atoms with E-state index in [4.69, 9.17) is 0 Å². The summed E-state index contributed by atoms with van der Waals surface area (Å²) in [6.07, 6.45) is 0. The third kappa shape index (κ3) is 4.24. The maximum absolute atomic E-state index is 12.9. The Morgan fingerprint density at radius 2 is 1.43 bits per heavy atom. The Hall–Kier alpha value is -3.51. The molecule has 2 N–H and O–H groups in total. The predicted molar refractivity (Wildman–Crippen MR) is 112 cm³/mol. The van der Waals surface area contributed by atoms with Crippen LogP contribution in [0.4, 0.5) is 20.0 Å². The van der Waals surface area contributed by atoms with E-state index in [-0.39, 0.29) is 5.82 Å². The van der Waals surface area contributed by atoms with E-state index in [1.807, 2.05) is 35.7 Å². The Balaban J connectivity index is 1.42. The normalized spacial score (nSPS) is 10.5. The van der Waals surface area contributed by atoms with Crippen LogP contribution in [0, 0.1) is 5.82 Å². The third-order valence-corrected chi connectivity index (χ3v) is 4.87. The van der Waals surface area contributed by atoms with E-state index < -0.39 is 6.03 Å². The van der Waals surface area contributed by atoms with Gasteiger partial charge in [0.15, 0.2) is 5.13 Å². The lowest BCUT2D eigenvalue weighted by atomic mass is 10.0. The molecule has 0 spiro atoms. The van der Waals surface area contributed by atoms with E-state index >= 15 is 0 Å². The molecule has 4 rings (SSSR count). The second kappa shape index (κ2) is 8.02. The van der Waals surface area contributed by atoms with Gasteiger partial charge in [0.2, 0.25) is 0 Å². The van der Waals surface area contributed by atoms with Crippen molar-refractivity contribution in [1.82, 2.24) is 4.98 Å². The number of amides is 2. The molecule has 4 aromatic rings. The molecular weight excluding hydrogens is 373 g/mol. The van der Waals surface area contributed by atoms with Crippen LogP contribution in [-0.2, 0) is 0 Å². The van der Waals surface area contributed by atoms with E-state index in [0.29, 0.717) is 10.8 Å². The topological polar surface area (TPSA) is 54.0 Å². The van der Waals surface area contributed by atoms with Crippen LogP contribution in [0.5, 0.6) is 0 Å². The number of rotatable bonds is 4. The first-order chi connectivity index (χ1) is 13.7. The van der Waals surface area contributed by atoms with E-state index in [1.54, 1.807) is 0 Å². The number of hydrogen-bond acceptors (Lipinski definition) is 3. The van der Waals surface area contributed by atoms with E-state index in [2.05, 4.69) is 39.9 Å². The number of nitrogens with zero attached hydrogens (tertiary/aromatic N) is 1. The van der Waals surface area contributed by atoms with Crippen molar-refractivity contribution < 1.29 is 9.18 Å². The fourth-order valence-electron chi connectivity index (χ4n) is 2.72. The number of anilines is 2. The fraction of sp³-hybridized carbons (Fsp3) is 0. The molecule has 0 saturated carbocycles. The van der Waals surface area contributed by atoms with Gasteiger partial charge in [0, 0.05) is 16.6 Å². The van der Waals surface area contributed by atoms with Gasteiger partial charge in [-0.1, -0.05) is 54.6 Å². The molecule has 3 aromatic carbocycles. The highest BCUT2D eigenvalue weighted by Gasteiger charge is 2.09. The summed E-state index contributed by atoms with van der Waals surface area (Å²) < 4.78 is 12.9. The van der Waals surface area contributed by atoms with Crippen LogP contribution in [0.25, 0.3) is 22.4 Å². The minimum Gasteiger partial charge on any atom is -0.308 e. The molecule has 2 amide bonds. The Morgan fingerprint density at radius 3 is 2.14 bits per heavy atom. The first-order valence-corrected chi connectivity index (χ1v) is 9.50. The van der Waals surface area contributed by atoms with Crippen molar-refractivity contribution in [2.75, 3.05) is 10.6 Å². The van der Waals surface area contributed by atoms with Gasteiger partial charge in [-0.2, -0.15) is 0 Å². The molecule has 0 aliphatic carbocycles. The molecular formula is C22H16FN3OS. The number of carbonyl (C=O) groups excluding carboxylic acids is 1. The van der Waals surface area contributed by atoms with Crippen molar-refractivity contribution in [1.29, 1.82) is 0 Å². The molecule has 1 aromatic heterocycles. The van der Waals surface area contributed by atoms with Gasteiger partial charge in [-0.05, 0) is 35.4 Å². The average Bonchev–Trinajstić information content (AvgIpc) is 3.19. The molecule has 0 aliphatic rings. The van der Waals surface area contributed by atoms with Crippen LogP contribution in [0.1, 0.15) is 0 Å². The van der Waals surface area contributed by atoms with Crippen LogP contribution in [0.3, 0.4) is 0 Å². The van der Waals surface area contributed by atoms with Gasteiger partial charge in [0.1, 0.15) is 5.82 Å². The number of halogens is 1. The molecule has 6 heteroatoms. The van der Waals surface area contributed by atoms with Crippen molar-refractivity contribution in [3.8, 4) is 22.4 Å². The maximum atomic E-state index is 12.9. The van der Waals surface area contributed by atoms with E-state index in [9.17, 15) is 9.18 Å². The summed E-state index contributed by atoms with van der Waals surface area (Å²) in [5.41, 5.74) is 4.57. The first-order valence-electron chi connectivity index (χ1n) is 8.62. The molecule has 1 heterocycles. The number of carbonyl (C=O) groups is 1. The molecule has 0 unspecified atom stereocenters. The van der Waals surface area contributed by atoms with Crippen molar-refractivity contribution >= 4 is 28.2 Å². The molecule has 28 heavy (non-hydrogen) atoms. The number of nitrogens with one attached hydrogen (secondary N) is 2. The average molecular weight is 389 g/mol. The highest BCUT2D eigenvalue weighted by atomic mass is 32.1. The molecule has 138 valence electrons. The Bertz CT molecular complexity index is 1080. The van der Waals surface area contributed by atoms with Gasteiger partial charge in [0.25, 0.3) is 0 Å². The molecule has 0 aliphatic heterocycles. The largest absolute Gasteiger partial charge is 0.325 e. The first kappa shape index (κ1) is 17.9. The Morgan fingerprint density at radius 1 is 0.786 bits per heavy atom. The fourth-order valence-corrected chi connectivity index (χ4v) is 3.44. The van der Waals surface area contributed by atoms with Crippen molar-refractivity contribution in [2.45, 2.75) is 0 Å². The van der Waals surface area contributed by atoms with E-state index in [1.165, 1.54) is 35.6 Å². The van der Waals surface area contributed by atoms with Crippen LogP contribution in [0.15, 0.2) is 84.2 Å². The van der Waals surface area contributed by atoms with Crippen molar-refractivity contribution in [2.24, 2.45) is 0 Å². The summed E-state index contributed by atoms with van der Waals surface area (Å²) >= 11 is 1.34. The molecule has 0 fully saturated rings. The third-order valence-electron chi connectivity index (χ3n) is 4.11. The van der Waals surface area contributed by atoms with Crippen molar-refractivity contribution in [3.63, 3.8) is 0 Å². The minimum atomic E-state index is -0.424. The zero-order chi connectivity index (χ0) is 19.3. The number of urea groups is 1. The zero-order valence-corrected chi connectivity index (χ0v) is 15.5. The lowest BCUT2D eigenvalue weighted by Gasteiger charge is -2.05. The number of hydrogen-bond donors (Lipinski definition) is 2. The monoisotopic (exact) mass is 389 g/mol. The number of aromatic nitrogens is 1. The van der Waals surface area contributed by atoms with Crippen molar-refractivity contribution in [3.05, 3.63) is 90.1 Å². The number of thiazole rings is 1. The molecule has 0 atom stereocenters. The Labute approximate surface area is 165 Å². The molecule has 0 radical (unpaired) electrons. The molecule has 0 saturated heterocycles. The summed E-state index contributed by atoms with van der Waals surface area (Å²) in [5.74, 6) is -0.353. The maximum Gasteiger partial charge on any atom is 0.325 e. The Kier molecular flexibility index (Phi) is 5.12. The SMILES string of the molecule is O=C(Nc1ccc(F)cc1)Nc1nc(-c2ccc(-c3ccccc3)cc2)cs1. The quantitative estimate of drug-likeness (QED) is 0.433.